The van der Waals surface area contributed by atoms with Crippen LogP contribution in [-0.2, 0) is 6.54 Å². The maximum absolute atomic E-state index is 12.3. The van der Waals surface area contributed by atoms with E-state index in [1.165, 1.54) is 4.68 Å². The average Bonchev–Trinajstić information content (AvgIpc) is 2.82. The number of nitrogens with zero attached hydrogens (tertiary/aromatic N) is 4. The molecule has 0 amide bonds. The Hall–Kier alpha value is -2.02. The number of alkyl halides is 3. The first-order valence-corrected chi connectivity index (χ1v) is 6.11. The number of aromatic nitrogens is 2. The van der Waals surface area contributed by atoms with E-state index < -0.39 is 24.6 Å². The van der Waals surface area contributed by atoms with Crippen LogP contribution in [0.1, 0.15) is 38.3 Å². The van der Waals surface area contributed by atoms with E-state index in [1.807, 2.05) is 13.8 Å². The molecule has 20 heavy (non-hydrogen) atoms. The normalized spacial score (nSPS) is 14.6. The van der Waals surface area contributed by atoms with Gasteiger partial charge < -0.3 is 0 Å². The van der Waals surface area contributed by atoms with Crippen LogP contribution in [0, 0.1) is 17.9 Å². The molecule has 0 N–H and O–H groups in total. The molecule has 0 aliphatic rings. The van der Waals surface area contributed by atoms with Crippen LogP contribution in [0.4, 0.5) is 13.2 Å². The molecule has 7 heteroatoms. The molecule has 1 unspecified atom stereocenters. The van der Waals surface area contributed by atoms with Gasteiger partial charge >= 0.3 is 11.7 Å². The van der Waals surface area contributed by atoms with Crippen LogP contribution in [0.15, 0.2) is 12.3 Å². The zero-order chi connectivity index (χ0) is 15.4. The molecule has 1 aromatic heterocycles. The van der Waals surface area contributed by atoms with Crippen molar-refractivity contribution in [1.82, 2.24) is 9.78 Å². The van der Waals surface area contributed by atoms with Gasteiger partial charge in [0.2, 0.25) is 0 Å². The summed E-state index contributed by atoms with van der Waals surface area (Å²) in [6, 6.07) is 3.45. The molecule has 1 atom stereocenters. The van der Waals surface area contributed by atoms with E-state index in [1.54, 1.807) is 18.3 Å². The number of nitriles is 1. The van der Waals surface area contributed by atoms with Crippen molar-refractivity contribution in [2.24, 2.45) is 0 Å². The van der Waals surface area contributed by atoms with Gasteiger partial charge in [-0.25, -0.2) is 6.57 Å². The van der Waals surface area contributed by atoms with E-state index in [0.717, 1.165) is 5.69 Å². The second-order valence-electron chi connectivity index (χ2n) is 4.96. The molecule has 4 nitrogen and oxygen atoms in total. The third-order valence-electron chi connectivity index (χ3n) is 2.92. The van der Waals surface area contributed by atoms with Gasteiger partial charge in [-0.1, -0.05) is 13.8 Å². The second kappa shape index (κ2) is 5.96. The predicted molar refractivity (Wildman–Crippen MR) is 66.6 cm³/mol. The van der Waals surface area contributed by atoms with E-state index in [2.05, 4.69) is 9.94 Å². The third kappa shape index (κ3) is 4.27. The predicted octanol–water partition coefficient (Wildman–Crippen LogP) is 3.53. The molecule has 1 heterocycles. The van der Waals surface area contributed by atoms with Gasteiger partial charge in [0.1, 0.15) is 6.54 Å². The van der Waals surface area contributed by atoms with Gasteiger partial charge in [0.25, 0.3) is 0 Å². The molecule has 108 valence electrons. The fourth-order valence-electron chi connectivity index (χ4n) is 1.68. The van der Waals surface area contributed by atoms with Crippen molar-refractivity contribution in [1.29, 1.82) is 5.26 Å². The Labute approximate surface area is 115 Å². The van der Waals surface area contributed by atoms with Gasteiger partial charge in [0.05, 0.1) is 18.5 Å². The lowest BCUT2D eigenvalue weighted by molar-refractivity contribution is -0.137. The molecule has 0 bridgehead atoms. The minimum Gasteiger partial charge on any atom is -0.292 e. The van der Waals surface area contributed by atoms with E-state index in [-0.39, 0.29) is 12.5 Å². The van der Waals surface area contributed by atoms with Crippen LogP contribution in [0.25, 0.3) is 4.85 Å². The molecule has 0 saturated carbocycles. The largest absolute Gasteiger partial charge is 0.389 e. The Balaban J connectivity index is 2.86. The topological polar surface area (TPSA) is 46.0 Å². The standard InChI is InChI=1S/C13H15F3N4/c1-10(2)11-4-7-20(19-11)9-12(8-17,18-3)5-6-13(14,15)16/h4,7,10H,5-6,9H2,1-2H3. The average molecular weight is 284 g/mol. The molecule has 0 spiro atoms. The van der Waals surface area contributed by atoms with Crippen LogP contribution < -0.4 is 0 Å². The first-order valence-electron chi connectivity index (χ1n) is 6.11. The van der Waals surface area contributed by atoms with Crippen molar-refractivity contribution < 1.29 is 13.2 Å². The molecular formula is C13H15F3N4. The highest BCUT2D eigenvalue weighted by Crippen LogP contribution is 2.29. The smallest absolute Gasteiger partial charge is 0.292 e. The van der Waals surface area contributed by atoms with Gasteiger partial charge in [-0.15, -0.1) is 0 Å². The first kappa shape index (κ1) is 16.0. The van der Waals surface area contributed by atoms with Crippen LogP contribution in [0.2, 0.25) is 0 Å². The van der Waals surface area contributed by atoms with E-state index >= 15 is 0 Å². The van der Waals surface area contributed by atoms with Crippen LogP contribution in [0.5, 0.6) is 0 Å². The summed E-state index contributed by atoms with van der Waals surface area (Å²) in [6.07, 6.45) is -4.49. The highest BCUT2D eigenvalue weighted by Gasteiger charge is 2.42. The van der Waals surface area contributed by atoms with Crippen LogP contribution in [-0.4, -0.2) is 21.5 Å². The van der Waals surface area contributed by atoms with E-state index in [0.29, 0.717) is 0 Å². The summed E-state index contributed by atoms with van der Waals surface area (Å²) in [5, 5.41) is 13.3. The highest BCUT2D eigenvalue weighted by molar-refractivity contribution is 5.16. The fourth-order valence-corrected chi connectivity index (χ4v) is 1.68. The highest BCUT2D eigenvalue weighted by atomic mass is 19.4. The minimum absolute atomic E-state index is 0.157. The molecule has 0 aromatic carbocycles. The van der Waals surface area contributed by atoms with Crippen molar-refractivity contribution in [2.45, 2.75) is 50.9 Å². The summed E-state index contributed by atoms with van der Waals surface area (Å²) in [4.78, 5) is 3.12. The van der Waals surface area contributed by atoms with Gasteiger partial charge in [0, 0.05) is 6.20 Å². The molecule has 0 radical (unpaired) electrons. The molecule has 0 aliphatic heterocycles. The van der Waals surface area contributed by atoms with Gasteiger partial charge in [-0.3, -0.25) is 9.53 Å². The Bertz CT molecular complexity index is 517. The summed E-state index contributed by atoms with van der Waals surface area (Å²) in [5.74, 6) is 0.177. The second-order valence-corrected chi connectivity index (χ2v) is 4.96. The van der Waals surface area contributed by atoms with Crippen molar-refractivity contribution in [2.75, 3.05) is 0 Å². The quantitative estimate of drug-likeness (QED) is 0.776. The summed E-state index contributed by atoms with van der Waals surface area (Å²) in [6.45, 7) is 10.8. The summed E-state index contributed by atoms with van der Waals surface area (Å²) < 4.78 is 38.2. The minimum atomic E-state index is -4.38. The molecule has 0 saturated heterocycles. The van der Waals surface area contributed by atoms with Crippen molar-refractivity contribution in [3.8, 4) is 6.07 Å². The molecule has 1 rings (SSSR count). The summed E-state index contributed by atoms with van der Waals surface area (Å²) in [7, 11) is 0. The Morgan fingerprint density at radius 2 is 2.10 bits per heavy atom. The van der Waals surface area contributed by atoms with Gasteiger partial charge in [-0.2, -0.15) is 23.5 Å². The zero-order valence-corrected chi connectivity index (χ0v) is 11.3. The number of hydrogen-bond acceptors (Lipinski definition) is 2. The van der Waals surface area contributed by atoms with Crippen molar-refractivity contribution >= 4 is 0 Å². The lowest BCUT2D eigenvalue weighted by Gasteiger charge is -2.15. The van der Waals surface area contributed by atoms with Crippen molar-refractivity contribution in [3.05, 3.63) is 29.4 Å². The van der Waals surface area contributed by atoms with Crippen molar-refractivity contribution in [3.63, 3.8) is 0 Å². The SMILES string of the molecule is [C-]#[N+]C(C#N)(CCC(F)(F)F)Cn1ccc(C(C)C)n1. The molecule has 0 fully saturated rings. The zero-order valence-electron chi connectivity index (χ0n) is 11.3. The van der Waals surface area contributed by atoms with Crippen LogP contribution >= 0.6 is 0 Å². The number of hydrogen-bond donors (Lipinski definition) is 0. The van der Waals surface area contributed by atoms with Crippen LogP contribution in [0.3, 0.4) is 0 Å². The summed E-state index contributed by atoms with van der Waals surface area (Å²) in [5.41, 5.74) is -0.951. The Morgan fingerprint density at radius 1 is 1.45 bits per heavy atom. The Morgan fingerprint density at radius 3 is 2.50 bits per heavy atom. The molecular weight excluding hydrogens is 269 g/mol. The Kier molecular flexibility index (Phi) is 4.78. The van der Waals surface area contributed by atoms with Gasteiger partial charge in [0.15, 0.2) is 6.07 Å². The lowest BCUT2D eigenvalue weighted by Crippen LogP contribution is -2.31. The van der Waals surface area contributed by atoms with E-state index in [9.17, 15) is 13.2 Å². The molecule has 0 aliphatic carbocycles. The first-order chi connectivity index (χ1) is 9.21. The summed E-state index contributed by atoms with van der Waals surface area (Å²) >= 11 is 0. The maximum Gasteiger partial charge on any atom is 0.389 e. The number of rotatable bonds is 5. The third-order valence-corrected chi connectivity index (χ3v) is 2.92. The monoisotopic (exact) mass is 284 g/mol. The maximum atomic E-state index is 12.3. The van der Waals surface area contributed by atoms with E-state index in [4.69, 9.17) is 11.8 Å². The lowest BCUT2D eigenvalue weighted by atomic mass is 9.96. The molecule has 1 aromatic rings. The van der Waals surface area contributed by atoms with Gasteiger partial charge in [-0.05, 0) is 12.0 Å². The fraction of sp³-hybridized carbons (Fsp3) is 0.615. The number of halogens is 3.